The Morgan fingerprint density at radius 1 is 1.16 bits per heavy atom. The number of aryl methyl sites for hydroxylation is 1. The van der Waals surface area contributed by atoms with E-state index in [0.29, 0.717) is 18.7 Å². The summed E-state index contributed by atoms with van der Waals surface area (Å²) in [5.74, 6) is 0.251. The van der Waals surface area contributed by atoms with Crippen LogP contribution in [0, 0.1) is 12.7 Å². The molecule has 3 aromatic rings. The smallest absolute Gasteiger partial charge is 0.320 e. The van der Waals surface area contributed by atoms with Crippen LogP contribution in [-0.2, 0) is 6.54 Å². The van der Waals surface area contributed by atoms with Crippen molar-refractivity contribution in [2.24, 2.45) is 0 Å². The minimum atomic E-state index is -0.490. The molecule has 0 radical (unpaired) electrons. The molecule has 0 aliphatic carbocycles. The number of nitrogens with zero attached hydrogens (tertiary/aromatic N) is 6. The van der Waals surface area contributed by atoms with Crippen molar-refractivity contribution in [2.45, 2.75) is 20.4 Å². The SMILES string of the molecule is CCNC(=O)Nc1nccc(CN2CCN(c3ccc(-n4cccn4)nc3C)CC2)c1F. The highest BCUT2D eigenvalue weighted by atomic mass is 19.1. The summed E-state index contributed by atoms with van der Waals surface area (Å²) in [6, 6.07) is 7.11. The molecule has 9 nitrogen and oxygen atoms in total. The van der Waals surface area contributed by atoms with E-state index in [1.54, 1.807) is 23.9 Å². The van der Waals surface area contributed by atoms with E-state index in [1.807, 2.05) is 25.3 Å². The van der Waals surface area contributed by atoms with Crippen molar-refractivity contribution in [3.63, 3.8) is 0 Å². The van der Waals surface area contributed by atoms with Crippen LogP contribution >= 0.6 is 0 Å². The summed E-state index contributed by atoms with van der Waals surface area (Å²) in [4.78, 5) is 24.8. The first-order valence-corrected chi connectivity index (χ1v) is 10.7. The zero-order chi connectivity index (χ0) is 22.5. The molecule has 168 valence electrons. The molecule has 3 aromatic heterocycles. The maximum Gasteiger partial charge on any atom is 0.320 e. The largest absolute Gasteiger partial charge is 0.368 e. The molecule has 1 aliphatic heterocycles. The standard InChI is InChI=1S/C22H27FN8O/c1-3-24-22(32)28-21-20(23)17(7-9-25-21)15-29-11-13-30(14-12-29)18-5-6-19(27-16(18)2)31-10-4-8-26-31/h4-10H,3,11-15H2,1-2H3,(H2,24,25,28,32). The van der Waals surface area contributed by atoms with Crippen LogP contribution in [0.2, 0.25) is 0 Å². The molecule has 0 unspecified atom stereocenters. The van der Waals surface area contributed by atoms with Gasteiger partial charge in [-0.1, -0.05) is 0 Å². The highest BCUT2D eigenvalue weighted by Crippen LogP contribution is 2.23. The number of nitrogens with one attached hydrogen (secondary N) is 2. The van der Waals surface area contributed by atoms with E-state index < -0.39 is 11.8 Å². The fourth-order valence-corrected chi connectivity index (χ4v) is 3.80. The molecule has 4 rings (SSSR count). The fraction of sp³-hybridized carbons (Fsp3) is 0.364. The van der Waals surface area contributed by atoms with Gasteiger partial charge < -0.3 is 10.2 Å². The Hall–Kier alpha value is -3.53. The Kier molecular flexibility index (Phi) is 6.60. The Bertz CT molecular complexity index is 1060. The summed E-state index contributed by atoms with van der Waals surface area (Å²) >= 11 is 0. The number of hydrogen-bond acceptors (Lipinski definition) is 6. The van der Waals surface area contributed by atoms with Gasteiger partial charge in [-0.15, -0.1) is 0 Å². The van der Waals surface area contributed by atoms with Crippen LogP contribution in [0.4, 0.5) is 20.7 Å². The summed E-state index contributed by atoms with van der Waals surface area (Å²) in [5.41, 5.74) is 2.57. The van der Waals surface area contributed by atoms with Gasteiger partial charge in [0.15, 0.2) is 17.5 Å². The molecule has 0 spiro atoms. The van der Waals surface area contributed by atoms with Gasteiger partial charge in [-0.05, 0) is 38.1 Å². The maximum atomic E-state index is 14.8. The van der Waals surface area contributed by atoms with Crippen molar-refractivity contribution < 1.29 is 9.18 Å². The lowest BCUT2D eigenvalue weighted by Gasteiger charge is -2.36. The molecular formula is C22H27FN8O. The molecule has 1 fully saturated rings. The van der Waals surface area contributed by atoms with E-state index in [9.17, 15) is 9.18 Å². The van der Waals surface area contributed by atoms with Gasteiger partial charge in [0.1, 0.15) is 0 Å². The number of carbonyl (C=O) groups excluding carboxylic acids is 1. The number of aromatic nitrogens is 4. The molecule has 0 aromatic carbocycles. The van der Waals surface area contributed by atoms with Gasteiger partial charge in [-0.3, -0.25) is 10.2 Å². The van der Waals surface area contributed by atoms with Crippen LogP contribution in [0.5, 0.6) is 0 Å². The second-order valence-corrected chi connectivity index (χ2v) is 7.60. The Labute approximate surface area is 186 Å². The number of carbonyl (C=O) groups is 1. The fourth-order valence-electron chi connectivity index (χ4n) is 3.80. The number of urea groups is 1. The summed E-state index contributed by atoms with van der Waals surface area (Å²) in [6.07, 6.45) is 5.12. The van der Waals surface area contributed by atoms with Crippen molar-refractivity contribution in [3.05, 3.63) is 59.9 Å². The first kappa shape index (κ1) is 21.7. The van der Waals surface area contributed by atoms with Gasteiger partial charge in [0, 0.05) is 63.4 Å². The topological polar surface area (TPSA) is 91.2 Å². The predicted octanol–water partition coefficient (Wildman–Crippen LogP) is 2.57. The summed E-state index contributed by atoms with van der Waals surface area (Å²) in [6.45, 7) is 7.94. The van der Waals surface area contributed by atoms with Crippen molar-refractivity contribution in [2.75, 3.05) is 42.9 Å². The van der Waals surface area contributed by atoms with E-state index in [0.717, 1.165) is 43.4 Å². The first-order valence-electron chi connectivity index (χ1n) is 10.7. The molecule has 32 heavy (non-hydrogen) atoms. The van der Waals surface area contributed by atoms with E-state index in [2.05, 4.69) is 41.6 Å². The number of pyridine rings is 2. The van der Waals surface area contributed by atoms with E-state index in [1.165, 1.54) is 6.20 Å². The van der Waals surface area contributed by atoms with Crippen LogP contribution in [0.1, 0.15) is 18.2 Å². The predicted molar refractivity (Wildman–Crippen MR) is 120 cm³/mol. The van der Waals surface area contributed by atoms with Gasteiger partial charge in [-0.2, -0.15) is 5.10 Å². The van der Waals surface area contributed by atoms with Crippen LogP contribution < -0.4 is 15.5 Å². The van der Waals surface area contributed by atoms with Gasteiger partial charge >= 0.3 is 6.03 Å². The van der Waals surface area contributed by atoms with Crippen LogP contribution in [0.25, 0.3) is 5.82 Å². The number of rotatable bonds is 6. The summed E-state index contributed by atoms with van der Waals surface area (Å²) in [7, 11) is 0. The second kappa shape index (κ2) is 9.73. The van der Waals surface area contributed by atoms with E-state index in [4.69, 9.17) is 0 Å². The number of amides is 2. The summed E-state index contributed by atoms with van der Waals surface area (Å²) < 4.78 is 16.6. The molecular weight excluding hydrogens is 411 g/mol. The molecule has 10 heteroatoms. The zero-order valence-electron chi connectivity index (χ0n) is 18.3. The van der Waals surface area contributed by atoms with Crippen molar-refractivity contribution in [1.29, 1.82) is 0 Å². The average molecular weight is 439 g/mol. The van der Waals surface area contributed by atoms with Gasteiger partial charge in [0.25, 0.3) is 0 Å². The summed E-state index contributed by atoms with van der Waals surface area (Å²) in [5, 5.41) is 9.27. The first-order chi connectivity index (χ1) is 15.5. The molecule has 4 heterocycles. The van der Waals surface area contributed by atoms with Gasteiger partial charge in [0.2, 0.25) is 0 Å². The lowest BCUT2D eigenvalue weighted by atomic mass is 10.2. The number of hydrogen-bond donors (Lipinski definition) is 2. The Balaban J connectivity index is 1.37. The third kappa shape index (κ3) is 4.86. The molecule has 0 bridgehead atoms. The lowest BCUT2D eigenvalue weighted by molar-refractivity contribution is 0.246. The number of halogens is 1. The van der Waals surface area contributed by atoms with Crippen molar-refractivity contribution >= 4 is 17.5 Å². The molecule has 0 atom stereocenters. The third-order valence-electron chi connectivity index (χ3n) is 5.43. The third-order valence-corrected chi connectivity index (χ3v) is 5.43. The number of anilines is 2. The molecule has 1 aliphatic rings. The van der Waals surface area contributed by atoms with Crippen LogP contribution in [0.15, 0.2) is 42.9 Å². The monoisotopic (exact) mass is 438 g/mol. The molecule has 0 saturated carbocycles. The quantitative estimate of drug-likeness (QED) is 0.615. The normalized spacial score (nSPS) is 14.4. The zero-order valence-corrected chi connectivity index (χ0v) is 18.3. The lowest BCUT2D eigenvalue weighted by Crippen LogP contribution is -2.46. The van der Waals surface area contributed by atoms with Crippen molar-refractivity contribution in [3.8, 4) is 5.82 Å². The van der Waals surface area contributed by atoms with Crippen LogP contribution in [0.3, 0.4) is 0 Å². The van der Waals surface area contributed by atoms with E-state index in [-0.39, 0.29) is 5.82 Å². The highest BCUT2D eigenvalue weighted by Gasteiger charge is 2.21. The molecule has 2 N–H and O–H groups in total. The average Bonchev–Trinajstić information content (AvgIpc) is 3.32. The number of piperazine rings is 1. The molecule has 2 amide bonds. The van der Waals surface area contributed by atoms with Gasteiger partial charge in [0.05, 0.1) is 11.4 Å². The second-order valence-electron chi connectivity index (χ2n) is 7.60. The van der Waals surface area contributed by atoms with Crippen molar-refractivity contribution in [1.82, 2.24) is 30.0 Å². The Morgan fingerprint density at radius 3 is 2.66 bits per heavy atom. The molecule has 1 saturated heterocycles. The minimum Gasteiger partial charge on any atom is -0.368 e. The van der Waals surface area contributed by atoms with Gasteiger partial charge in [-0.25, -0.2) is 23.8 Å². The Morgan fingerprint density at radius 2 is 1.97 bits per heavy atom. The van der Waals surface area contributed by atoms with Crippen LogP contribution in [-0.4, -0.2) is 63.4 Å². The highest BCUT2D eigenvalue weighted by molar-refractivity contribution is 5.88. The van der Waals surface area contributed by atoms with E-state index >= 15 is 0 Å². The maximum absolute atomic E-state index is 14.8. The minimum absolute atomic E-state index is 0.0499.